The molecule has 1 rings (SSSR count). The van der Waals surface area contributed by atoms with Crippen LogP contribution in [0.15, 0.2) is 36.4 Å². The van der Waals surface area contributed by atoms with E-state index in [0.29, 0.717) is 5.56 Å². The Balaban J connectivity index is 2.94. The molecule has 0 radical (unpaired) electrons. The van der Waals surface area contributed by atoms with E-state index in [9.17, 15) is 4.79 Å². The summed E-state index contributed by atoms with van der Waals surface area (Å²) in [6, 6.07) is 8.70. The average Bonchev–Trinajstić information content (AvgIpc) is 2.07. The third kappa shape index (κ3) is 1.88. The van der Waals surface area contributed by atoms with Gasteiger partial charge in [-0.05, 0) is 0 Å². The molecule has 54 valence electrons. The van der Waals surface area contributed by atoms with Crippen molar-refractivity contribution in [1.29, 1.82) is 0 Å². The molecule has 0 N–H and O–H groups in total. The van der Waals surface area contributed by atoms with Crippen LogP contribution in [0.4, 0.5) is 0 Å². The van der Waals surface area contributed by atoms with Gasteiger partial charge in [0.1, 0.15) is 0 Å². The van der Waals surface area contributed by atoms with Crippen LogP contribution < -0.4 is 0 Å². The minimum atomic E-state index is -0.242. The number of hydrogen-bond donors (Lipinski definition) is 0. The van der Waals surface area contributed by atoms with Gasteiger partial charge >= 0.3 is 0 Å². The molecule has 0 aliphatic carbocycles. The van der Waals surface area contributed by atoms with Crippen LogP contribution in [0.3, 0.4) is 0 Å². The Kier molecular flexibility index (Phi) is 2.37. The highest BCUT2D eigenvalue weighted by Gasteiger charge is 1.96. The molecule has 0 atom stereocenters. The van der Waals surface area contributed by atoms with Crippen LogP contribution in [-0.2, 0) is 0 Å². The summed E-state index contributed by atoms with van der Waals surface area (Å²) in [7, 11) is 0. The maximum atomic E-state index is 11.0. The highest BCUT2D eigenvalue weighted by atomic mass is 16.1. The summed E-state index contributed by atoms with van der Waals surface area (Å²) in [5, 5.41) is 8.17. The average molecular weight is 144 g/mol. The Morgan fingerprint density at radius 2 is 2.00 bits per heavy atom. The van der Waals surface area contributed by atoms with Gasteiger partial charge in [-0.3, -0.25) is 10.7 Å². The third-order valence-electron chi connectivity index (χ3n) is 1.25. The van der Waals surface area contributed by atoms with Crippen LogP contribution >= 0.6 is 0 Å². The minimum Gasteiger partial charge on any atom is -0.763 e. The van der Waals surface area contributed by atoms with E-state index in [4.69, 9.17) is 5.41 Å². The van der Waals surface area contributed by atoms with Crippen LogP contribution in [0, 0.1) is 0 Å². The zero-order valence-electron chi connectivity index (χ0n) is 5.82. The fourth-order valence-corrected chi connectivity index (χ4v) is 0.744. The molecule has 0 unspecified atom stereocenters. The Labute approximate surface area is 64.7 Å². The number of carbonyl (C=O) groups is 1. The largest absolute Gasteiger partial charge is 0.763 e. The predicted molar refractivity (Wildman–Crippen MR) is 43.7 cm³/mol. The highest BCUT2D eigenvalue weighted by Crippen LogP contribution is 1.98. The number of benzene rings is 1. The third-order valence-corrected chi connectivity index (χ3v) is 1.25. The van der Waals surface area contributed by atoms with Crippen molar-refractivity contribution in [2.24, 2.45) is 0 Å². The van der Waals surface area contributed by atoms with Crippen molar-refractivity contribution in [3.8, 4) is 0 Å². The molecule has 0 saturated heterocycles. The molecule has 11 heavy (non-hydrogen) atoms. The van der Waals surface area contributed by atoms with Crippen molar-refractivity contribution in [3.05, 3.63) is 47.4 Å². The van der Waals surface area contributed by atoms with Crippen molar-refractivity contribution in [3.63, 3.8) is 0 Å². The number of hydrogen-bond acceptors (Lipinski definition) is 1. The summed E-state index contributed by atoms with van der Waals surface area (Å²) in [5.74, 6) is 1.45. The van der Waals surface area contributed by atoms with E-state index in [1.54, 1.807) is 30.1 Å². The molecule has 0 aromatic heterocycles. The Hall–Kier alpha value is -1.66. The Morgan fingerprint density at radius 3 is 2.55 bits per heavy atom. The summed E-state index contributed by atoms with van der Waals surface area (Å²) < 4.78 is 0. The second-order valence-corrected chi connectivity index (χ2v) is 2.00. The van der Waals surface area contributed by atoms with Gasteiger partial charge in [0, 0.05) is 11.6 Å². The molecule has 1 aromatic carbocycles. The number of allylic oxidation sites excluding steroid dienone is 1. The molecule has 2 nitrogen and oxygen atoms in total. The molecular formula is C9H6NO-. The van der Waals surface area contributed by atoms with Gasteiger partial charge < -0.3 is 5.41 Å². The van der Waals surface area contributed by atoms with Crippen LogP contribution in [-0.4, -0.2) is 11.7 Å². The second-order valence-electron chi connectivity index (χ2n) is 2.00. The highest BCUT2D eigenvalue weighted by molar-refractivity contribution is 6.09. The van der Waals surface area contributed by atoms with Crippen molar-refractivity contribution in [2.45, 2.75) is 0 Å². The summed E-state index contributed by atoms with van der Waals surface area (Å²) in [5.41, 5.74) is 0.550. The second kappa shape index (κ2) is 3.49. The predicted octanol–water partition coefficient (Wildman–Crippen LogP) is 1.66. The van der Waals surface area contributed by atoms with Crippen molar-refractivity contribution < 1.29 is 4.79 Å². The molecule has 1 aromatic rings. The zero-order valence-corrected chi connectivity index (χ0v) is 5.82. The van der Waals surface area contributed by atoms with Crippen molar-refractivity contribution >= 4 is 11.7 Å². The molecule has 2 heteroatoms. The molecule has 0 saturated carbocycles. The van der Waals surface area contributed by atoms with Crippen LogP contribution in [0.5, 0.6) is 0 Å². The molecule has 0 spiro atoms. The lowest BCUT2D eigenvalue weighted by atomic mass is 10.1. The van der Waals surface area contributed by atoms with E-state index in [2.05, 4.69) is 0 Å². The van der Waals surface area contributed by atoms with E-state index in [0.717, 1.165) is 6.08 Å². The molecule has 0 aliphatic rings. The van der Waals surface area contributed by atoms with E-state index in [1.807, 2.05) is 6.07 Å². The number of nitrogens with zero attached hydrogens (tertiary/aromatic N) is 1. The fraction of sp³-hybridized carbons (Fsp3) is 0. The minimum absolute atomic E-state index is 0.242. The van der Waals surface area contributed by atoms with Gasteiger partial charge in [-0.1, -0.05) is 30.3 Å². The first-order chi connectivity index (χ1) is 5.34. The van der Waals surface area contributed by atoms with Crippen LogP contribution in [0.1, 0.15) is 10.4 Å². The van der Waals surface area contributed by atoms with Gasteiger partial charge in [0.05, 0.1) is 0 Å². The first-order valence-electron chi connectivity index (χ1n) is 3.17. The molecule has 0 heterocycles. The zero-order chi connectivity index (χ0) is 8.10. The van der Waals surface area contributed by atoms with Gasteiger partial charge in [-0.2, -0.15) is 0 Å². The van der Waals surface area contributed by atoms with E-state index >= 15 is 0 Å². The lowest BCUT2D eigenvalue weighted by Crippen LogP contribution is -1.92. The monoisotopic (exact) mass is 144 g/mol. The maximum absolute atomic E-state index is 11.0. The summed E-state index contributed by atoms with van der Waals surface area (Å²) in [4.78, 5) is 11.0. The molecule has 0 aliphatic heterocycles. The number of ketones is 1. The SMILES string of the molecule is [N-]=C=CC(=O)c1ccccc1. The van der Waals surface area contributed by atoms with Crippen molar-refractivity contribution in [1.82, 2.24) is 0 Å². The van der Waals surface area contributed by atoms with Crippen molar-refractivity contribution in [2.75, 3.05) is 0 Å². The molecule has 0 fully saturated rings. The standard InChI is InChI=1S/C9H6NO/c10-7-6-9(11)8-4-2-1-3-5-8/h1-6H/q-1. The first-order valence-corrected chi connectivity index (χ1v) is 3.17. The molecular weight excluding hydrogens is 138 g/mol. The first kappa shape index (κ1) is 7.45. The number of carbonyl (C=O) groups excluding carboxylic acids is 1. The summed E-state index contributed by atoms with van der Waals surface area (Å²) >= 11 is 0. The van der Waals surface area contributed by atoms with Gasteiger partial charge in [0.2, 0.25) is 0 Å². The normalized spacial score (nSPS) is 8.36. The van der Waals surface area contributed by atoms with Gasteiger partial charge in [0.15, 0.2) is 5.78 Å². The Bertz CT molecular complexity index is 297. The maximum Gasteiger partial charge on any atom is 0.191 e. The topological polar surface area (TPSA) is 39.4 Å². The molecule has 0 bridgehead atoms. The lowest BCUT2D eigenvalue weighted by Gasteiger charge is -1.91. The van der Waals surface area contributed by atoms with Gasteiger partial charge in [-0.25, -0.2) is 0 Å². The fourth-order valence-electron chi connectivity index (χ4n) is 0.744. The van der Waals surface area contributed by atoms with Gasteiger partial charge in [0.25, 0.3) is 0 Å². The molecule has 0 amide bonds. The van der Waals surface area contributed by atoms with Crippen LogP contribution in [0.25, 0.3) is 5.41 Å². The van der Waals surface area contributed by atoms with E-state index < -0.39 is 0 Å². The Morgan fingerprint density at radius 1 is 1.36 bits per heavy atom. The summed E-state index contributed by atoms with van der Waals surface area (Å²) in [6.45, 7) is 0. The van der Waals surface area contributed by atoms with E-state index in [-0.39, 0.29) is 5.78 Å². The lowest BCUT2D eigenvalue weighted by molar-refractivity contribution is 0.104. The van der Waals surface area contributed by atoms with E-state index in [1.165, 1.54) is 0 Å². The van der Waals surface area contributed by atoms with Crippen LogP contribution in [0.2, 0.25) is 0 Å². The van der Waals surface area contributed by atoms with Gasteiger partial charge in [-0.15, -0.1) is 0 Å². The smallest absolute Gasteiger partial charge is 0.191 e. The quantitative estimate of drug-likeness (QED) is 0.353. The number of rotatable bonds is 2. The summed E-state index contributed by atoms with van der Waals surface area (Å²) in [6.07, 6.45) is 0.995.